The van der Waals surface area contributed by atoms with Gasteiger partial charge in [0.05, 0.1) is 11.3 Å². The Bertz CT molecular complexity index is 608. The summed E-state index contributed by atoms with van der Waals surface area (Å²) in [5.41, 5.74) is 4.48. The minimum Gasteiger partial charge on any atom is -0.396 e. The molecule has 19 heavy (non-hydrogen) atoms. The zero-order valence-electron chi connectivity index (χ0n) is 9.13. The highest BCUT2D eigenvalue weighted by Crippen LogP contribution is 2.27. The SMILES string of the molecule is Nc1cc(-c2nc(CC(F)(F)F)no2)c(F)cc1F. The van der Waals surface area contributed by atoms with E-state index in [0.29, 0.717) is 6.07 Å². The maximum atomic E-state index is 13.4. The zero-order valence-corrected chi connectivity index (χ0v) is 9.13. The van der Waals surface area contributed by atoms with Crippen molar-refractivity contribution in [3.63, 3.8) is 0 Å². The van der Waals surface area contributed by atoms with Crippen molar-refractivity contribution in [2.45, 2.75) is 12.6 Å². The van der Waals surface area contributed by atoms with E-state index in [1.165, 1.54) is 0 Å². The van der Waals surface area contributed by atoms with Crippen LogP contribution in [-0.4, -0.2) is 16.3 Å². The summed E-state index contributed by atoms with van der Waals surface area (Å²) in [7, 11) is 0. The van der Waals surface area contributed by atoms with Gasteiger partial charge >= 0.3 is 6.18 Å². The summed E-state index contributed by atoms with van der Waals surface area (Å²) in [6, 6.07) is 1.36. The molecule has 0 saturated carbocycles. The first-order valence-corrected chi connectivity index (χ1v) is 4.90. The van der Waals surface area contributed by atoms with Gasteiger partial charge in [0.2, 0.25) is 0 Å². The maximum absolute atomic E-state index is 13.4. The molecule has 0 fully saturated rings. The van der Waals surface area contributed by atoms with Gasteiger partial charge in [0.15, 0.2) is 5.82 Å². The number of alkyl halides is 3. The Hall–Kier alpha value is -2.19. The molecule has 2 rings (SSSR count). The van der Waals surface area contributed by atoms with Crippen LogP contribution in [-0.2, 0) is 6.42 Å². The third kappa shape index (κ3) is 2.98. The standard InChI is InChI=1S/C10H6F5N3O/c11-5-2-6(12)7(16)1-4(5)9-17-8(18-19-9)3-10(13,14)15/h1-2H,3,16H2. The average molecular weight is 279 g/mol. The lowest BCUT2D eigenvalue weighted by atomic mass is 10.2. The number of halogens is 5. The van der Waals surface area contributed by atoms with Gasteiger partial charge in [-0.1, -0.05) is 5.16 Å². The Morgan fingerprint density at radius 3 is 2.47 bits per heavy atom. The number of hydrogen-bond acceptors (Lipinski definition) is 4. The van der Waals surface area contributed by atoms with Crippen molar-refractivity contribution in [1.82, 2.24) is 10.1 Å². The molecule has 0 spiro atoms. The monoisotopic (exact) mass is 279 g/mol. The van der Waals surface area contributed by atoms with E-state index in [1.54, 1.807) is 0 Å². The van der Waals surface area contributed by atoms with Gasteiger partial charge in [0.25, 0.3) is 5.89 Å². The van der Waals surface area contributed by atoms with E-state index in [9.17, 15) is 22.0 Å². The lowest BCUT2D eigenvalue weighted by molar-refractivity contribution is -0.128. The molecule has 0 aliphatic carbocycles. The molecule has 2 N–H and O–H groups in total. The van der Waals surface area contributed by atoms with E-state index in [0.717, 1.165) is 6.07 Å². The van der Waals surface area contributed by atoms with Gasteiger partial charge in [-0.25, -0.2) is 8.78 Å². The van der Waals surface area contributed by atoms with Crippen LogP contribution in [0.4, 0.5) is 27.6 Å². The molecule has 4 nitrogen and oxygen atoms in total. The Morgan fingerprint density at radius 1 is 1.16 bits per heavy atom. The second-order valence-corrected chi connectivity index (χ2v) is 3.66. The highest BCUT2D eigenvalue weighted by molar-refractivity contribution is 5.61. The van der Waals surface area contributed by atoms with E-state index in [1.807, 2.05) is 0 Å². The lowest BCUT2D eigenvalue weighted by Crippen LogP contribution is -2.12. The van der Waals surface area contributed by atoms with E-state index in [2.05, 4.69) is 14.7 Å². The lowest BCUT2D eigenvalue weighted by Gasteiger charge is -2.01. The largest absolute Gasteiger partial charge is 0.396 e. The van der Waals surface area contributed by atoms with Crippen LogP contribution in [0.5, 0.6) is 0 Å². The van der Waals surface area contributed by atoms with Gasteiger partial charge in [0, 0.05) is 6.07 Å². The van der Waals surface area contributed by atoms with Gasteiger partial charge in [0.1, 0.15) is 18.1 Å². The van der Waals surface area contributed by atoms with Crippen molar-refractivity contribution in [3.8, 4) is 11.5 Å². The Balaban J connectivity index is 2.36. The van der Waals surface area contributed by atoms with Crippen molar-refractivity contribution in [2.75, 3.05) is 5.73 Å². The molecule has 102 valence electrons. The summed E-state index contributed by atoms with van der Waals surface area (Å²) < 4.78 is 67.1. The normalized spacial score (nSPS) is 11.8. The van der Waals surface area contributed by atoms with E-state index >= 15 is 0 Å². The van der Waals surface area contributed by atoms with E-state index < -0.39 is 35.9 Å². The summed E-state index contributed by atoms with van der Waals surface area (Å²) in [6.07, 6.45) is -5.92. The number of rotatable bonds is 2. The van der Waals surface area contributed by atoms with Crippen LogP contribution in [0.25, 0.3) is 11.5 Å². The van der Waals surface area contributed by atoms with Crippen LogP contribution in [0.2, 0.25) is 0 Å². The second-order valence-electron chi connectivity index (χ2n) is 3.66. The molecule has 0 atom stereocenters. The Labute approximate surface area is 103 Å². The number of nitrogen functional groups attached to an aromatic ring is 1. The number of benzene rings is 1. The predicted octanol–water partition coefficient (Wildman–Crippen LogP) is 2.70. The van der Waals surface area contributed by atoms with Crippen LogP contribution in [0.1, 0.15) is 5.82 Å². The first kappa shape index (κ1) is 13.2. The smallest absolute Gasteiger partial charge is 0.396 e. The fourth-order valence-corrected chi connectivity index (χ4v) is 1.34. The van der Waals surface area contributed by atoms with Crippen LogP contribution in [0, 0.1) is 11.6 Å². The van der Waals surface area contributed by atoms with Crippen molar-refractivity contribution in [3.05, 3.63) is 29.6 Å². The molecule has 9 heteroatoms. The third-order valence-corrected chi connectivity index (χ3v) is 2.14. The molecule has 1 aromatic heterocycles. The highest BCUT2D eigenvalue weighted by Gasteiger charge is 2.31. The summed E-state index contributed by atoms with van der Waals surface area (Å²) in [5, 5.41) is 3.06. The minimum atomic E-state index is -4.51. The number of nitrogens with two attached hydrogens (primary N) is 1. The van der Waals surface area contributed by atoms with Gasteiger partial charge in [-0.15, -0.1) is 0 Å². The topological polar surface area (TPSA) is 64.9 Å². The third-order valence-electron chi connectivity index (χ3n) is 2.14. The summed E-state index contributed by atoms with van der Waals surface area (Å²) in [5.74, 6) is -3.20. The van der Waals surface area contributed by atoms with Crippen LogP contribution >= 0.6 is 0 Å². The Kier molecular flexibility index (Phi) is 3.13. The van der Waals surface area contributed by atoms with Gasteiger partial charge < -0.3 is 10.3 Å². The molecule has 0 bridgehead atoms. The minimum absolute atomic E-state index is 0.361. The number of hydrogen-bond donors (Lipinski definition) is 1. The Morgan fingerprint density at radius 2 is 1.84 bits per heavy atom. The van der Waals surface area contributed by atoms with Crippen molar-refractivity contribution >= 4 is 5.69 Å². The number of anilines is 1. The summed E-state index contributed by atoms with van der Waals surface area (Å²) in [6.45, 7) is 0. The van der Waals surface area contributed by atoms with Gasteiger partial charge in [-0.3, -0.25) is 0 Å². The predicted molar refractivity (Wildman–Crippen MR) is 53.8 cm³/mol. The highest BCUT2D eigenvalue weighted by atomic mass is 19.4. The van der Waals surface area contributed by atoms with Gasteiger partial charge in [-0.05, 0) is 6.07 Å². The quantitative estimate of drug-likeness (QED) is 0.678. The van der Waals surface area contributed by atoms with Crippen LogP contribution in [0.15, 0.2) is 16.7 Å². The molecule has 0 unspecified atom stereocenters. The number of aromatic nitrogens is 2. The fourth-order valence-electron chi connectivity index (χ4n) is 1.34. The molecule has 1 aromatic carbocycles. The molecule has 2 aromatic rings. The van der Waals surface area contributed by atoms with Crippen molar-refractivity contribution < 1.29 is 26.5 Å². The molecule has 0 saturated heterocycles. The molecule has 0 aliphatic rings. The van der Waals surface area contributed by atoms with E-state index in [4.69, 9.17) is 5.73 Å². The first-order chi connectivity index (χ1) is 8.76. The van der Waals surface area contributed by atoms with Crippen LogP contribution in [0.3, 0.4) is 0 Å². The fraction of sp³-hybridized carbons (Fsp3) is 0.200. The molecule has 0 aliphatic heterocycles. The second kappa shape index (κ2) is 4.48. The molecule has 0 radical (unpaired) electrons. The van der Waals surface area contributed by atoms with Crippen molar-refractivity contribution in [1.29, 1.82) is 0 Å². The number of nitrogens with zero attached hydrogens (tertiary/aromatic N) is 2. The summed E-state index contributed by atoms with van der Waals surface area (Å²) >= 11 is 0. The molecular weight excluding hydrogens is 273 g/mol. The first-order valence-electron chi connectivity index (χ1n) is 4.90. The van der Waals surface area contributed by atoms with Gasteiger partial charge in [-0.2, -0.15) is 18.2 Å². The van der Waals surface area contributed by atoms with Crippen molar-refractivity contribution in [2.24, 2.45) is 0 Å². The molecule has 1 heterocycles. The molecule has 0 amide bonds. The summed E-state index contributed by atoms with van der Waals surface area (Å²) in [4.78, 5) is 3.38. The molecular formula is C10H6F5N3O. The average Bonchev–Trinajstić information content (AvgIpc) is 2.69. The zero-order chi connectivity index (χ0) is 14.2. The van der Waals surface area contributed by atoms with Crippen LogP contribution < -0.4 is 5.73 Å². The van der Waals surface area contributed by atoms with E-state index in [-0.39, 0.29) is 11.3 Å². The maximum Gasteiger partial charge on any atom is 0.396 e.